The molecule has 6 nitrogen and oxygen atoms in total. The van der Waals surface area contributed by atoms with Crippen LogP contribution >= 0.6 is 11.3 Å². The molecule has 0 spiro atoms. The van der Waals surface area contributed by atoms with Crippen LogP contribution in [0.3, 0.4) is 0 Å². The number of carboxylic acids is 1. The summed E-state index contributed by atoms with van der Waals surface area (Å²) in [6, 6.07) is 6.52. The Morgan fingerprint density at radius 2 is 2.22 bits per heavy atom. The Morgan fingerprint density at radius 3 is 2.87 bits per heavy atom. The number of amides is 1. The van der Waals surface area contributed by atoms with Crippen molar-refractivity contribution in [1.82, 2.24) is 9.88 Å². The molecule has 1 N–H and O–H groups in total. The van der Waals surface area contributed by atoms with Gasteiger partial charge in [0.25, 0.3) is 5.91 Å². The van der Waals surface area contributed by atoms with E-state index in [2.05, 4.69) is 4.98 Å². The number of hydrogen-bond donors (Lipinski definition) is 1. The van der Waals surface area contributed by atoms with E-state index >= 15 is 0 Å². The molecule has 2 rings (SSSR count). The van der Waals surface area contributed by atoms with Crippen molar-refractivity contribution in [3.8, 4) is 5.75 Å². The highest BCUT2D eigenvalue weighted by molar-refractivity contribution is 7.09. The molecular formula is C16H18N2O4S. The monoisotopic (exact) mass is 334 g/mol. The van der Waals surface area contributed by atoms with Crippen molar-refractivity contribution in [2.24, 2.45) is 0 Å². The van der Waals surface area contributed by atoms with Crippen LogP contribution < -0.4 is 4.74 Å². The van der Waals surface area contributed by atoms with Gasteiger partial charge < -0.3 is 14.7 Å². The fraction of sp³-hybridized carbons (Fsp3) is 0.312. The molecule has 0 saturated heterocycles. The van der Waals surface area contributed by atoms with Crippen LogP contribution in [0.5, 0.6) is 5.75 Å². The zero-order valence-electron chi connectivity index (χ0n) is 12.9. The standard InChI is InChI=1S/C16H18N2O4S/c1-11(15-17-6-7-23-15)9-18(2)16(21)12-4-3-5-13(8-12)22-10-14(19)20/h3-8,11H,9-10H2,1-2H3,(H,19,20). The summed E-state index contributed by atoms with van der Waals surface area (Å²) in [7, 11) is 1.73. The van der Waals surface area contributed by atoms with Gasteiger partial charge in [0.05, 0.1) is 5.01 Å². The number of nitrogens with zero attached hydrogens (tertiary/aromatic N) is 2. The second-order valence-corrected chi connectivity index (χ2v) is 6.09. The second kappa shape index (κ2) is 7.73. The molecule has 0 fully saturated rings. The van der Waals surface area contributed by atoms with Crippen LogP contribution in [0.4, 0.5) is 0 Å². The number of aromatic nitrogens is 1. The predicted molar refractivity (Wildman–Crippen MR) is 87.1 cm³/mol. The quantitative estimate of drug-likeness (QED) is 0.841. The summed E-state index contributed by atoms with van der Waals surface area (Å²) in [5.41, 5.74) is 0.460. The van der Waals surface area contributed by atoms with Crippen LogP contribution in [0.25, 0.3) is 0 Å². The van der Waals surface area contributed by atoms with E-state index in [4.69, 9.17) is 9.84 Å². The summed E-state index contributed by atoms with van der Waals surface area (Å²) in [5.74, 6) is -0.694. The molecule has 0 bridgehead atoms. The van der Waals surface area contributed by atoms with Crippen LogP contribution in [0.2, 0.25) is 0 Å². The zero-order valence-corrected chi connectivity index (χ0v) is 13.7. The number of carboxylic acid groups (broad SMARTS) is 1. The molecule has 7 heteroatoms. The second-order valence-electron chi connectivity index (χ2n) is 5.17. The minimum atomic E-state index is -1.06. The Kier molecular flexibility index (Phi) is 5.70. The molecule has 1 unspecified atom stereocenters. The summed E-state index contributed by atoms with van der Waals surface area (Å²) in [6.07, 6.45) is 1.75. The minimum absolute atomic E-state index is 0.144. The summed E-state index contributed by atoms with van der Waals surface area (Å²) in [6.45, 7) is 2.14. The number of thiazole rings is 1. The summed E-state index contributed by atoms with van der Waals surface area (Å²) < 4.78 is 5.10. The van der Waals surface area contributed by atoms with Gasteiger partial charge in [0, 0.05) is 36.7 Å². The third-order valence-electron chi connectivity index (χ3n) is 3.21. The van der Waals surface area contributed by atoms with E-state index in [1.807, 2.05) is 12.3 Å². The molecule has 0 aliphatic rings. The Balaban J connectivity index is 2.01. The number of carbonyl (C=O) groups is 2. The lowest BCUT2D eigenvalue weighted by Gasteiger charge is -2.20. The highest BCUT2D eigenvalue weighted by Crippen LogP contribution is 2.20. The average Bonchev–Trinajstić information content (AvgIpc) is 3.07. The maximum atomic E-state index is 12.5. The number of carbonyl (C=O) groups excluding carboxylic acids is 1. The van der Waals surface area contributed by atoms with E-state index < -0.39 is 12.6 Å². The van der Waals surface area contributed by atoms with Crippen molar-refractivity contribution in [2.45, 2.75) is 12.8 Å². The van der Waals surface area contributed by atoms with Gasteiger partial charge in [-0.1, -0.05) is 13.0 Å². The number of rotatable bonds is 7. The molecule has 0 aliphatic heterocycles. The molecular weight excluding hydrogens is 316 g/mol. The summed E-state index contributed by atoms with van der Waals surface area (Å²) >= 11 is 1.57. The number of aliphatic carboxylic acids is 1. The van der Waals surface area contributed by atoms with Crippen LogP contribution in [0.15, 0.2) is 35.8 Å². The lowest BCUT2D eigenvalue weighted by Crippen LogP contribution is -2.30. The van der Waals surface area contributed by atoms with Crippen LogP contribution in [0, 0.1) is 0 Å². The third-order valence-corrected chi connectivity index (χ3v) is 4.22. The molecule has 1 heterocycles. The number of likely N-dealkylation sites (N-methyl/N-ethyl adjacent to an activating group) is 1. The van der Waals surface area contributed by atoms with E-state index in [1.54, 1.807) is 53.7 Å². The average molecular weight is 334 g/mol. The molecule has 23 heavy (non-hydrogen) atoms. The number of hydrogen-bond acceptors (Lipinski definition) is 5. The summed E-state index contributed by atoms with van der Waals surface area (Å²) in [5, 5.41) is 11.5. The Labute approximate surface area is 138 Å². The molecule has 2 aromatic rings. The highest BCUT2D eigenvalue weighted by atomic mass is 32.1. The molecule has 1 aromatic carbocycles. The Bertz CT molecular complexity index is 672. The van der Waals surface area contributed by atoms with E-state index in [0.29, 0.717) is 17.9 Å². The first-order valence-electron chi connectivity index (χ1n) is 7.07. The Morgan fingerprint density at radius 1 is 1.43 bits per heavy atom. The van der Waals surface area contributed by atoms with Gasteiger partial charge in [-0.2, -0.15) is 0 Å². The lowest BCUT2D eigenvalue weighted by atomic mass is 10.1. The molecule has 0 radical (unpaired) electrons. The van der Waals surface area contributed by atoms with Crippen molar-refractivity contribution < 1.29 is 19.4 Å². The highest BCUT2D eigenvalue weighted by Gasteiger charge is 2.17. The first-order chi connectivity index (χ1) is 11.0. The van der Waals surface area contributed by atoms with Crippen molar-refractivity contribution >= 4 is 23.2 Å². The fourth-order valence-corrected chi connectivity index (χ4v) is 2.82. The van der Waals surface area contributed by atoms with E-state index in [0.717, 1.165) is 5.01 Å². The van der Waals surface area contributed by atoms with Crippen molar-refractivity contribution in [3.05, 3.63) is 46.4 Å². The van der Waals surface area contributed by atoms with Gasteiger partial charge >= 0.3 is 5.97 Å². The van der Waals surface area contributed by atoms with Gasteiger partial charge in [0.2, 0.25) is 0 Å². The molecule has 0 aliphatic carbocycles. The Hall–Kier alpha value is -2.41. The predicted octanol–water partition coefficient (Wildman–Crippen LogP) is 2.48. The molecule has 1 amide bonds. The maximum Gasteiger partial charge on any atom is 0.341 e. The van der Waals surface area contributed by atoms with Gasteiger partial charge in [-0.3, -0.25) is 4.79 Å². The first kappa shape index (κ1) is 17.0. The fourth-order valence-electron chi connectivity index (χ4n) is 2.13. The lowest BCUT2D eigenvalue weighted by molar-refractivity contribution is -0.139. The van der Waals surface area contributed by atoms with E-state index in [1.165, 1.54) is 0 Å². The zero-order chi connectivity index (χ0) is 16.8. The van der Waals surface area contributed by atoms with Crippen molar-refractivity contribution in [3.63, 3.8) is 0 Å². The third kappa shape index (κ3) is 4.79. The topological polar surface area (TPSA) is 79.7 Å². The summed E-state index contributed by atoms with van der Waals surface area (Å²) in [4.78, 5) is 28.9. The normalized spacial score (nSPS) is 11.7. The van der Waals surface area contributed by atoms with Crippen LogP contribution in [0.1, 0.15) is 28.2 Å². The van der Waals surface area contributed by atoms with Crippen LogP contribution in [-0.4, -0.2) is 47.1 Å². The van der Waals surface area contributed by atoms with Gasteiger partial charge in [-0.25, -0.2) is 9.78 Å². The largest absolute Gasteiger partial charge is 0.482 e. The maximum absolute atomic E-state index is 12.5. The van der Waals surface area contributed by atoms with Gasteiger partial charge in [-0.15, -0.1) is 11.3 Å². The minimum Gasteiger partial charge on any atom is -0.482 e. The van der Waals surface area contributed by atoms with Gasteiger partial charge in [0.15, 0.2) is 6.61 Å². The van der Waals surface area contributed by atoms with Gasteiger partial charge in [-0.05, 0) is 18.2 Å². The SMILES string of the molecule is CC(CN(C)C(=O)c1cccc(OCC(=O)O)c1)c1nccs1. The molecule has 1 atom stereocenters. The van der Waals surface area contributed by atoms with Gasteiger partial charge in [0.1, 0.15) is 5.75 Å². The first-order valence-corrected chi connectivity index (χ1v) is 7.95. The number of ether oxygens (including phenoxy) is 1. The van der Waals surface area contributed by atoms with Crippen molar-refractivity contribution in [1.29, 1.82) is 0 Å². The van der Waals surface area contributed by atoms with Crippen molar-refractivity contribution in [2.75, 3.05) is 20.2 Å². The molecule has 122 valence electrons. The van der Waals surface area contributed by atoms with E-state index in [-0.39, 0.29) is 11.8 Å². The molecule has 0 saturated carbocycles. The molecule has 1 aromatic heterocycles. The number of benzene rings is 1. The smallest absolute Gasteiger partial charge is 0.341 e. The van der Waals surface area contributed by atoms with Crippen LogP contribution in [-0.2, 0) is 4.79 Å². The van der Waals surface area contributed by atoms with E-state index in [9.17, 15) is 9.59 Å².